The van der Waals surface area contributed by atoms with E-state index in [1.807, 2.05) is 50.2 Å². The van der Waals surface area contributed by atoms with Crippen molar-refractivity contribution in [2.75, 3.05) is 26.2 Å². The fourth-order valence-electron chi connectivity index (χ4n) is 3.07. The molecule has 2 aromatic heterocycles. The Morgan fingerprint density at radius 3 is 2.48 bits per heavy atom. The van der Waals surface area contributed by atoms with Gasteiger partial charge in [0.1, 0.15) is 0 Å². The minimum atomic E-state index is 0.102. The first-order valence-corrected chi connectivity index (χ1v) is 7.98. The number of carbonyl (C=O) groups excluding carboxylic acids is 1. The molecular weight excluding hydrogens is 290 g/mol. The van der Waals surface area contributed by atoms with Crippen molar-refractivity contribution in [1.29, 1.82) is 0 Å². The third-order valence-corrected chi connectivity index (χ3v) is 4.49. The van der Waals surface area contributed by atoms with Gasteiger partial charge in [0.05, 0.1) is 17.0 Å². The number of rotatable bonds is 3. The van der Waals surface area contributed by atoms with E-state index in [-0.39, 0.29) is 5.91 Å². The van der Waals surface area contributed by atoms with Gasteiger partial charge in [-0.2, -0.15) is 5.10 Å². The molecule has 0 atom stereocenters. The Labute approximate surface area is 136 Å². The van der Waals surface area contributed by atoms with Gasteiger partial charge in [0, 0.05) is 51.7 Å². The summed E-state index contributed by atoms with van der Waals surface area (Å²) in [6.07, 6.45) is 1.82. The first-order valence-electron chi connectivity index (χ1n) is 7.98. The standard InChI is InChI=1S/C17H23N5O/c1-13-16(14(2)20(3)19-13)17(23)22-10-8-21(9-11-22)12-15-6-4-5-7-18-15/h4-7H,8-12H2,1-3H3. The lowest BCUT2D eigenvalue weighted by atomic mass is 10.1. The molecule has 0 unspecified atom stereocenters. The van der Waals surface area contributed by atoms with Gasteiger partial charge in [-0.25, -0.2) is 0 Å². The summed E-state index contributed by atoms with van der Waals surface area (Å²) < 4.78 is 1.78. The molecule has 0 radical (unpaired) electrons. The van der Waals surface area contributed by atoms with Crippen molar-refractivity contribution < 1.29 is 4.79 Å². The molecule has 2 aromatic rings. The van der Waals surface area contributed by atoms with E-state index < -0.39 is 0 Å². The maximum absolute atomic E-state index is 12.8. The van der Waals surface area contributed by atoms with Crippen molar-refractivity contribution in [3.8, 4) is 0 Å². The number of pyridine rings is 1. The largest absolute Gasteiger partial charge is 0.336 e. The predicted molar refractivity (Wildman–Crippen MR) is 88.1 cm³/mol. The Morgan fingerprint density at radius 1 is 1.17 bits per heavy atom. The maximum Gasteiger partial charge on any atom is 0.257 e. The quantitative estimate of drug-likeness (QED) is 0.859. The summed E-state index contributed by atoms with van der Waals surface area (Å²) in [6, 6.07) is 5.98. The lowest BCUT2D eigenvalue weighted by Gasteiger charge is -2.34. The fraction of sp³-hybridized carbons (Fsp3) is 0.471. The van der Waals surface area contributed by atoms with E-state index in [0.717, 1.165) is 55.4 Å². The van der Waals surface area contributed by atoms with Crippen molar-refractivity contribution in [3.05, 3.63) is 47.0 Å². The third-order valence-electron chi connectivity index (χ3n) is 4.49. The molecule has 1 amide bonds. The Hall–Kier alpha value is -2.21. The second-order valence-electron chi connectivity index (χ2n) is 6.06. The van der Waals surface area contributed by atoms with Crippen molar-refractivity contribution >= 4 is 5.91 Å². The molecule has 6 heteroatoms. The Bertz CT molecular complexity index is 687. The second kappa shape index (κ2) is 6.50. The number of amides is 1. The normalized spacial score (nSPS) is 15.9. The molecule has 23 heavy (non-hydrogen) atoms. The van der Waals surface area contributed by atoms with Crippen molar-refractivity contribution in [2.45, 2.75) is 20.4 Å². The molecular formula is C17H23N5O. The van der Waals surface area contributed by atoms with E-state index in [1.165, 1.54) is 0 Å². The molecule has 0 bridgehead atoms. The van der Waals surface area contributed by atoms with E-state index in [4.69, 9.17) is 0 Å². The highest BCUT2D eigenvalue weighted by atomic mass is 16.2. The Morgan fingerprint density at radius 2 is 1.91 bits per heavy atom. The molecule has 3 rings (SSSR count). The molecule has 0 N–H and O–H groups in total. The van der Waals surface area contributed by atoms with Crippen LogP contribution < -0.4 is 0 Å². The highest BCUT2D eigenvalue weighted by Crippen LogP contribution is 2.16. The van der Waals surface area contributed by atoms with Crippen molar-refractivity contribution in [2.24, 2.45) is 7.05 Å². The van der Waals surface area contributed by atoms with E-state index in [1.54, 1.807) is 4.68 Å². The highest BCUT2D eigenvalue weighted by Gasteiger charge is 2.26. The highest BCUT2D eigenvalue weighted by molar-refractivity contribution is 5.96. The van der Waals surface area contributed by atoms with Crippen LogP contribution in [0.15, 0.2) is 24.4 Å². The number of piperazine rings is 1. The number of hydrogen-bond donors (Lipinski definition) is 0. The van der Waals surface area contributed by atoms with Crippen LogP contribution in [0.4, 0.5) is 0 Å². The molecule has 6 nitrogen and oxygen atoms in total. The molecule has 0 aromatic carbocycles. The number of aromatic nitrogens is 3. The molecule has 3 heterocycles. The van der Waals surface area contributed by atoms with Gasteiger partial charge in [-0.1, -0.05) is 6.07 Å². The summed E-state index contributed by atoms with van der Waals surface area (Å²) in [6.45, 7) is 7.94. The van der Waals surface area contributed by atoms with Crippen molar-refractivity contribution in [3.63, 3.8) is 0 Å². The van der Waals surface area contributed by atoms with Gasteiger partial charge in [0.2, 0.25) is 0 Å². The molecule has 0 aliphatic carbocycles. The van der Waals surface area contributed by atoms with Crippen LogP contribution >= 0.6 is 0 Å². The van der Waals surface area contributed by atoms with Gasteiger partial charge >= 0.3 is 0 Å². The number of hydrogen-bond acceptors (Lipinski definition) is 4. The number of aryl methyl sites for hydroxylation is 2. The van der Waals surface area contributed by atoms with Gasteiger partial charge in [-0.15, -0.1) is 0 Å². The number of nitrogens with zero attached hydrogens (tertiary/aromatic N) is 5. The lowest BCUT2D eigenvalue weighted by Crippen LogP contribution is -2.48. The summed E-state index contributed by atoms with van der Waals surface area (Å²) in [4.78, 5) is 21.4. The van der Waals surface area contributed by atoms with Crippen LogP contribution in [-0.4, -0.2) is 56.7 Å². The van der Waals surface area contributed by atoms with Crippen LogP contribution in [0, 0.1) is 13.8 Å². The monoisotopic (exact) mass is 313 g/mol. The van der Waals surface area contributed by atoms with Crippen LogP contribution in [0.2, 0.25) is 0 Å². The van der Waals surface area contributed by atoms with Crippen LogP contribution in [0.5, 0.6) is 0 Å². The van der Waals surface area contributed by atoms with Crippen LogP contribution in [-0.2, 0) is 13.6 Å². The molecule has 1 aliphatic rings. The van der Waals surface area contributed by atoms with Gasteiger partial charge in [-0.05, 0) is 26.0 Å². The second-order valence-corrected chi connectivity index (χ2v) is 6.06. The summed E-state index contributed by atoms with van der Waals surface area (Å²) in [7, 11) is 1.88. The van der Waals surface area contributed by atoms with E-state index in [2.05, 4.69) is 15.0 Å². The lowest BCUT2D eigenvalue weighted by molar-refractivity contribution is 0.0625. The molecule has 0 saturated carbocycles. The van der Waals surface area contributed by atoms with E-state index >= 15 is 0 Å². The van der Waals surface area contributed by atoms with E-state index in [9.17, 15) is 4.79 Å². The predicted octanol–water partition coefficient (Wildman–Crippen LogP) is 1.39. The van der Waals surface area contributed by atoms with Gasteiger partial charge < -0.3 is 4.90 Å². The SMILES string of the molecule is Cc1nn(C)c(C)c1C(=O)N1CCN(Cc2ccccn2)CC1. The van der Waals surface area contributed by atoms with E-state index in [0.29, 0.717) is 0 Å². The molecule has 1 saturated heterocycles. The average molecular weight is 313 g/mol. The van der Waals surface area contributed by atoms with Gasteiger partial charge in [-0.3, -0.25) is 19.4 Å². The zero-order chi connectivity index (χ0) is 16.4. The molecule has 1 aliphatic heterocycles. The average Bonchev–Trinajstić information content (AvgIpc) is 2.81. The zero-order valence-electron chi connectivity index (χ0n) is 14.0. The molecule has 1 fully saturated rings. The molecule has 0 spiro atoms. The summed E-state index contributed by atoms with van der Waals surface area (Å²) in [5.74, 6) is 0.102. The first kappa shape index (κ1) is 15.7. The minimum Gasteiger partial charge on any atom is -0.336 e. The Balaban J connectivity index is 1.61. The first-order chi connectivity index (χ1) is 11.1. The third kappa shape index (κ3) is 3.27. The zero-order valence-corrected chi connectivity index (χ0v) is 14.0. The van der Waals surface area contributed by atoms with Gasteiger partial charge in [0.15, 0.2) is 0 Å². The summed E-state index contributed by atoms with van der Waals surface area (Å²) in [5, 5.41) is 4.35. The smallest absolute Gasteiger partial charge is 0.257 e. The minimum absolute atomic E-state index is 0.102. The Kier molecular flexibility index (Phi) is 4.43. The summed E-state index contributed by atoms with van der Waals surface area (Å²) >= 11 is 0. The van der Waals surface area contributed by atoms with Crippen LogP contribution in [0.25, 0.3) is 0 Å². The maximum atomic E-state index is 12.8. The fourth-order valence-corrected chi connectivity index (χ4v) is 3.07. The number of carbonyl (C=O) groups is 1. The van der Waals surface area contributed by atoms with Crippen LogP contribution in [0.1, 0.15) is 27.4 Å². The van der Waals surface area contributed by atoms with Crippen LogP contribution in [0.3, 0.4) is 0 Å². The van der Waals surface area contributed by atoms with Gasteiger partial charge in [0.25, 0.3) is 5.91 Å². The topological polar surface area (TPSA) is 54.3 Å². The summed E-state index contributed by atoms with van der Waals surface area (Å²) in [5.41, 5.74) is 3.58. The molecule has 122 valence electrons. The van der Waals surface area contributed by atoms with Crippen molar-refractivity contribution in [1.82, 2.24) is 24.6 Å².